The van der Waals surface area contributed by atoms with Crippen molar-refractivity contribution in [2.24, 2.45) is 10.9 Å². The second-order valence-electron chi connectivity index (χ2n) is 12.4. The molecule has 1 aromatic heterocycles. The lowest BCUT2D eigenvalue weighted by atomic mass is 9.89. The van der Waals surface area contributed by atoms with Gasteiger partial charge in [0.1, 0.15) is 18.2 Å². The number of rotatable bonds is 6. The second-order valence-corrected chi connectivity index (χ2v) is 12.4. The number of aliphatic imine (C=N–C) groups is 1. The fourth-order valence-corrected chi connectivity index (χ4v) is 7.25. The van der Waals surface area contributed by atoms with Crippen LogP contribution in [0.3, 0.4) is 0 Å². The van der Waals surface area contributed by atoms with Crippen molar-refractivity contribution >= 4 is 33.1 Å². The number of alkyl halides is 2. The molecule has 0 aliphatic carbocycles. The van der Waals surface area contributed by atoms with E-state index < -0.39 is 6.61 Å². The van der Waals surface area contributed by atoms with E-state index in [1.165, 1.54) is 40.8 Å². The third kappa shape index (κ3) is 5.03. The first-order valence-electron chi connectivity index (χ1n) is 15.4. The lowest BCUT2D eigenvalue weighted by Gasteiger charge is -2.23. The molecular weight excluding hydrogens is 548 g/mol. The van der Waals surface area contributed by atoms with Gasteiger partial charge in [-0.3, -0.25) is 4.99 Å². The molecule has 3 N–H and O–H groups in total. The van der Waals surface area contributed by atoms with Gasteiger partial charge in [-0.2, -0.15) is 8.78 Å². The zero-order valence-electron chi connectivity index (χ0n) is 24.1. The number of hydrogen-bond donors (Lipinski definition) is 3. The van der Waals surface area contributed by atoms with Crippen LogP contribution in [0.1, 0.15) is 62.0 Å². The number of H-pyrrole nitrogens is 1. The van der Waals surface area contributed by atoms with Crippen LogP contribution < -0.4 is 15.4 Å². The van der Waals surface area contributed by atoms with Crippen molar-refractivity contribution in [2.75, 3.05) is 13.2 Å². The van der Waals surface area contributed by atoms with Crippen LogP contribution in [0, 0.1) is 5.92 Å². The number of hydrogen-bond acceptors (Lipinski definition) is 6. The number of aromatic amines is 1. The molecule has 2 saturated heterocycles. The van der Waals surface area contributed by atoms with E-state index in [1.54, 1.807) is 0 Å². The Bertz CT molecular complexity index is 1780. The number of benzene rings is 3. The van der Waals surface area contributed by atoms with Gasteiger partial charge in [-0.25, -0.2) is 4.98 Å². The van der Waals surface area contributed by atoms with E-state index in [9.17, 15) is 8.78 Å². The minimum absolute atomic E-state index is 0.0247. The summed E-state index contributed by atoms with van der Waals surface area (Å²) < 4.78 is 35.8. The van der Waals surface area contributed by atoms with E-state index in [2.05, 4.69) is 75.9 Å². The highest BCUT2D eigenvalue weighted by molar-refractivity contribution is 6.07. The molecule has 0 radical (unpaired) electrons. The van der Waals surface area contributed by atoms with E-state index in [0.717, 1.165) is 51.8 Å². The Balaban J connectivity index is 1.06. The SMILES string of the molecule is CC1CCC(C2=NC=C(c3ccc4c(c3)COc3cc5c(ccc6[nH]c(C7CC(COC(F)F)CN7)nc65)cc3-4)CC2)N1. The fourth-order valence-electron chi connectivity index (χ4n) is 7.25. The highest BCUT2D eigenvalue weighted by Gasteiger charge is 2.29. The summed E-state index contributed by atoms with van der Waals surface area (Å²) in [5.74, 6) is 1.71. The molecule has 4 atom stereocenters. The van der Waals surface area contributed by atoms with Crippen molar-refractivity contribution in [1.82, 2.24) is 20.6 Å². The predicted octanol–water partition coefficient (Wildman–Crippen LogP) is 6.88. The molecule has 8 rings (SSSR count). The van der Waals surface area contributed by atoms with Crippen LogP contribution in [0.2, 0.25) is 0 Å². The van der Waals surface area contributed by atoms with Crippen LogP contribution in [0.25, 0.3) is 38.5 Å². The maximum atomic E-state index is 12.5. The van der Waals surface area contributed by atoms with Crippen LogP contribution in [0.4, 0.5) is 8.78 Å². The first-order valence-corrected chi connectivity index (χ1v) is 15.4. The number of nitrogens with zero attached hydrogens (tertiary/aromatic N) is 2. The summed E-state index contributed by atoms with van der Waals surface area (Å²) in [6.45, 7) is 0.697. The topological polar surface area (TPSA) is 83.6 Å². The van der Waals surface area contributed by atoms with Gasteiger partial charge in [0.05, 0.1) is 23.7 Å². The summed E-state index contributed by atoms with van der Waals surface area (Å²) >= 11 is 0. The monoisotopic (exact) mass is 583 g/mol. The van der Waals surface area contributed by atoms with Crippen molar-refractivity contribution in [3.05, 3.63) is 65.6 Å². The molecule has 43 heavy (non-hydrogen) atoms. The third-order valence-corrected chi connectivity index (χ3v) is 9.56. The molecule has 4 aliphatic heterocycles. The maximum Gasteiger partial charge on any atom is 0.345 e. The zero-order chi connectivity index (χ0) is 29.1. The standard InChI is InChI=1S/C34H35F2N5O2/c1-18-2-7-28(39-18)27-8-5-22(15-38-27)20-3-6-24-23(11-20)17-42-31-13-25-21(12-26(24)31)4-9-29-32(25)41-33(40-29)30-10-19(14-37-30)16-43-34(35)36/h3-4,6,9,11-13,15,18-19,28,30,34,37,39H,2,5,7-8,10,14,16-17H2,1H3,(H,40,41). The van der Waals surface area contributed by atoms with Crippen LogP contribution in [-0.2, 0) is 11.3 Å². The Morgan fingerprint density at radius 1 is 1.05 bits per heavy atom. The Morgan fingerprint density at radius 2 is 1.98 bits per heavy atom. The molecule has 222 valence electrons. The van der Waals surface area contributed by atoms with Gasteiger partial charge in [-0.15, -0.1) is 0 Å². The molecule has 0 amide bonds. The van der Waals surface area contributed by atoms with E-state index in [0.29, 0.717) is 31.7 Å². The molecule has 4 aliphatic rings. The number of ether oxygens (including phenoxy) is 2. The van der Waals surface area contributed by atoms with E-state index in [4.69, 9.17) is 14.7 Å². The summed E-state index contributed by atoms with van der Waals surface area (Å²) in [4.78, 5) is 13.3. The highest BCUT2D eigenvalue weighted by Crippen LogP contribution is 2.43. The average molecular weight is 584 g/mol. The minimum atomic E-state index is -2.74. The molecule has 3 aromatic carbocycles. The maximum absolute atomic E-state index is 12.5. The molecule has 2 fully saturated rings. The Hall–Kier alpha value is -3.66. The lowest BCUT2D eigenvalue weighted by Crippen LogP contribution is -2.34. The van der Waals surface area contributed by atoms with Crippen molar-refractivity contribution in [1.29, 1.82) is 0 Å². The Labute approximate surface area is 248 Å². The van der Waals surface area contributed by atoms with Crippen molar-refractivity contribution in [3.63, 3.8) is 0 Å². The van der Waals surface area contributed by atoms with Crippen molar-refractivity contribution in [2.45, 2.75) is 70.4 Å². The van der Waals surface area contributed by atoms with Crippen LogP contribution in [0.5, 0.6) is 5.75 Å². The van der Waals surface area contributed by atoms with Gasteiger partial charge in [0, 0.05) is 41.5 Å². The van der Waals surface area contributed by atoms with Gasteiger partial charge in [0.15, 0.2) is 0 Å². The molecule has 9 heteroatoms. The average Bonchev–Trinajstić information content (AvgIpc) is 3.78. The normalized spacial score (nSPS) is 25.1. The number of imidazole rings is 1. The van der Waals surface area contributed by atoms with Crippen molar-refractivity contribution in [3.8, 4) is 16.9 Å². The Morgan fingerprint density at radius 3 is 2.79 bits per heavy atom. The summed E-state index contributed by atoms with van der Waals surface area (Å²) in [5, 5.41) is 9.19. The lowest BCUT2D eigenvalue weighted by molar-refractivity contribution is -0.136. The summed E-state index contributed by atoms with van der Waals surface area (Å²) in [6, 6.07) is 16.2. The third-order valence-electron chi connectivity index (χ3n) is 9.56. The number of aromatic nitrogens is 2. The molecular formula is C34H35F2N5O2. The van der Waals surface area contributed by atoms with Gasteiger partial charge in [0.2, 0.25) is 0 Å². The predicted molar refractivity (Wildman–Crippen MR) is 164 cm³/mol. The minimum Gasteiger partial charge on any atom is -0.488 e. The molecule has 0 spiro atoms. The summed E-state index contributed by atoms with van der Waals surface area (Å²) in [7, 11) is 0. The molecule has 7 nitrogen and oxygen atoms in total. The van der Waals surface area contributed by atoms with Gasteiger partial charge in [0.25, 0.3) is 0 Å². The van der Waals surface area contributed by atoms with Crippen LogP contribution in [-0.4, -0.2) is 47.5 Å². The van der Waals surface area contributed by atoms with Crippen LogP contribution in [0.15, 0.2) is 53.7 Å². The summed E-state index contributed by atoms with van der Waals surface area (Å²) in [5.41, 5.74) is 9.10. The number of halogens is 2. The number of fused-ring (bicyclic) bond motifs is 6. The molecule has 0 bridgehead atoms. The van der Waals surface area contributed by atoms with Gasteiger partial charge < -0.3 is 25.1 Å². The summed E-state index contributed by atoms with van der Waals surface area (Å²) in [6.07, 6.45) is 7.18. The van der Waals surface area contributed by atoms with Gasteiger partial charge in [-0.05, 0) is 96.9 Å². The fraction of sp³-hybridized carbons (Fsp3) is 0.412. The van der Waals surface area contributed by atoms with Gasteiger partial charge >= 0.3 is 6.61 Å². The number of allylic oxidation sites excluding steroid dienone is 1. The zero-order valence-corrected chi connectivity index (χ0v) is 24.1. The molecule has 0 saturated carbocycles. The van der Waals surface area contributed by atoms with E-state index in [1.807, 2.05) is 0 Å². The molecule has 5 heterocycles. The largest absolute Gasteiger partial charge is 0.488 e. The van der Waals surface area contributed by atoms with Gasteiger partial charge in [-0.1, -0.05) is 18.2 Å². The Kier molecular flexibility index (Phi) is 6.77. The highest BCUT2D eigenvalue weighted by atomic mass is 19.3. The van der Waals surface area contributed by atoms with E-state index >= 15 is 0 Å². The molecule has 4 aromatic rings. The first-order chi connectivity index (χ1) is 21.0. The van der Waals surface area contributed by atoms with Crippen molar-refractivity contribution < 1.29 is 18.3 Å². The first kappa shape index (κ1) is 26.9. The molecule has 4 unspecified atom stereocenters. The second kappa shape index (κ2) is 10.8. The number of nitrogens with one attached hydrogen (secondary N) is 3. The van der Waals surface area contributed by atoms with Crippen LogP contribution >= 0.6 is 0 Å². The smallest absolute Gasteiger partial charge is 0.345 e. The van der Waals surface area contributed by atoms with E-state index in [-0.39, 0.29) is 18.6 Å². The quantitative estimate of drug-likeness (QED) is 0.231.